The zero-order valence-electron chi connectivity index (χ0n) is 18.1. The van der Waals surface area contributed by atoms with E-state index in [4.69, 9.17) is 0 Å². The molecule has 0 saturated heterocycles. The van der Waals surface area contributed by atoms with E-state index in [1.165, 1.54) is 12.1 Å². The number of nitrogens with zero attached hydrogens (tertiary/aromatic N) is 2. The molecule has 0 fully saturated rings. The van der Waals surface area contributed by atoms with E-state index < -0.39 is 5.82 Å². The van der Waals surface area contributed by atoms with Gasteiger partial charge >= 0.3 is 0 Å². The number of nitrogens with one attached hydrogen (secondary N) is 1. The highest BCUT2D eigenvalue weighted by Crippen LogP contribution is 2.16. The van der Waals surface area contributed by atoms with Gasteiger partial charge in [0.25, 0.3) is 11.8 Å². The lowest BCUT2D eigenvalue weighted by atomic mass is 10.0. The van der Waals surface area contributed by atoms with E-state index >= 15 is 0 Å². The molecule has 5 nitrogen and oxygen atoms in total. The van der Waals surface area contributed by atoms with E-state index in [1.807, 2.05) is 49.6 Å². The van der Waals surface area contributed by atoms with Gasteiger partial charge in [-0.15, -0.1) is 0 Å². The van der Waals surface area contributed by atoms with Crippen molar-refractivity contribution in [3.05, 3.63) is 95.1 Å². The molecule has 3 aromatic rings. The Morgan fingerprint density at radius 1 is 1.10 bits per heavy atom. The van der Waals surface area contributed by atoms with Gasteiger partial charge in [0.05, 0.1) is 0 Å². The Hall–Kier alpha value is -3.41. The summed E-state index contributed by atoms with van der Waals surface area (Å²) in [7, 11) is 3.55. The molecular weight excluding hydrogens is 393 g/mol. The number of carbonyl (C=O) groups excluding carboxylic acids is 2. The van der Waals surface area contributed by atoms with Crippen molar-refractivity contribution in [3.8, 4) is 0 Å². The largest absolute Gasteiger partial charge is 0.351 e. The summed E-state index contributed by atoms with van der Waals surface area (Å²) in [6, 6.07) is 17.7. The van der Waals surface area contributed by atoms with Crippen LogP contribution in [0.2, 0.25) is 0 Å². The minimum Gasteiger partial charge on any atom is -0.351 e. The Bertz CT molecular complexity index is 1030. The topological polar surface area (TPSA) is 54.3 Å². The standard InChI is InChI=1S/C25H28FN3O2/c1-18-14-20(17-21(26)15-18)25(31)29(3)22(16-19-8-5-4-6-9-19)11-12-27-24(30)23-10-7-13-28(23)2/h4-10,13-15,17,22H,11-12,16H2,1-3H3,(H,27,30). The second-order valence-corrected chi connectivity index (χ2v) is 7.83. The number of halogens is 1. The van der Waals surface area contributed by atoms with Crippen molar-refractivity contribution >= 4 is 11.8 Å². The quantitative estimate of drug-likeness (QED) is 0.598. The van der Waals surface area contributed by atoms with Crippen LogP contribution in [-0.4, -0.2) is 40.9 Å². The van der Waals surface area contributed by atoms with Crippen LogP contribution in [0, 0.1) is 12.7 Å². The van der Waals surface area contributed by atoms with Crippen molar-refractivity contribution < 1.29 is 14.0 Å². The summed E-state index contributed by atoms with van der Waals surface area (Å²) in [6.07, 6.45) is 3.03. The van der Waals surface area contributed by atoms with E-state index in [-0.39, 0.29) is 17.9 Å². The molecule has 1 unspecified atom stereocenters. The number of likely N-dealkylation sites (N-methyl/N-ethyl adjacent to an activating group) is 1. The smallest absolute Gasteiger partial charge is 0.267 e. The second-order valence-electron chi connectivity index (χ2n) is 7.83. The molecule has 0 aliphatic heterocycles. The average molecular weight is 422 g/mol. The molecular formula is C25H28FN3O2. The van der Waals surface area contributed by atoms with Gasteiger partial charge in [0.2, 0.25) is 0 Å². The minimum atomic E-state index is -0.425. The van der Waals surface area contributed by atoms with Gasteiger partial charge in [-0.2, -0.15) is 0 Å². The van der Waals surface area contributed by atoms with Gasteiger partial charge in [0.15, 0.2) is 0 Å². The Labute approximate surface area is 182 Å². The third kappa shape index (κ3) is 5.81. The van der Waals surface area contributed by atoms with E-state index in [0.29, 0.717) is 36.2 Å². The predicted octanol–water partition coefficient (Wildman–Crippen LogP) is 3.98. The fourth-order valence-electron chi connectivity index (χ4n) is 3.69. The predicted molar refractivity (Wildman–Crippen MR) is 120 cm³/mol. The maximum Gasteiger partial charge on any atom is 0.267 e. The summed E-state index contributed by atoms with van der Waals surface area (Å²) < 4.78 is 15.6. The van der Waals surface area contributed by atoms with Crippen molar-refractivity contribution in [3.63, 3.8) is 0 Å². The van der Waals surface area contributed by atoms with Crippen LogP contribution >= 0.6 is 0 Å². The average Bonchev–Trinajstić information content (AvgIpc) is 3.18. The highest BCUT2D eigenvalue weighted by atomic mass is 19.1. The first kappa shape index (κ1) is 22.3. The lowest BCUT2D eigenvalue weighted by Gasteiger charge is -2.29. The summed E-state index contributed by atoms with van der Waals surface area (Å²) in [4.78, 5) is 27.1. The molecule has 3 rings (SSSR count). The van der Waals surface area contributed by atoms with E-state index in [2.05, 4.69) is 5.32 Å². The van der Waals surface area contributed by atoms with E-state index in [1.54, 1.807) is 35.6 Å². The number of benzene rings is 2. The molecule has 162 valence electrons. The molecule has 2 aromatic carbocycles. The van der Waals surface area contributed by atoms with Gasteiger partial charge in [-0.1, -0.05) is 30.3 Å². The zero-order chi connectivity index (χ0) is 22.4. The fraction of sp³-hybridized carbons (Fsp3) is 0.280. The van der Waals surface area contributed by atoms with Crippen LogP contribution in [0.4, 0.5) is 4.39 Å². The highest BCUT2D eigenvalue weighted by Gasteiger charge is 2.22. The molecule has 0 spiro atoms. The molecule has 0 aliphatic rings. The number of amides is 2. The van der Waals surface area contributed by atoms with Crippen LogP contribution < -0.4 is 5.32 Å². The Morgan fingerprint density at radius 2 is 1.84 bits per heavy atom. The monoisotopic (exact) mass is 421 g/mol. The minimum absolute atomic E-state index is 0.152. The number of rotatable bonds is 8. The molecule has 1 aromatic heterocycles. The summed E-state index contributed by atoms with van der Waals surface area (Å²) in [6.45, 7) is 2.18. The Morgan fingerprint density at radius 3 is 2.48 bits per heavy atom. The van der Waals surface area contributed by atoms with Gasteiger partial charge in [-0.05, 0) is 61.2 Å². The van der Waals surface area contributed by atoms with E-state index in [9.17, 15) is 14.0 Å². The maximum atomic E-state index is 13.8. The van der Waals surface area contributed by atoms with Crippen LogP contribution in [0.15, 0.2) is 66.9 Å². The van der Waals surface area contributed by atoms with Gasteiger partial charge in [-0.25, -0.2) is 4.39 Å². The molecule has 6 heteroatoms. The van der Waals surface area contributed by atoms with Crippen molar-refractivity contribution in [2.45, 2.75) is 25.8 Å². The Kier molecular flexibility index (Phi) is 7.23. The summed E-state index contributed by atoms with van der Waals surface area (Å²) >= 11 is 0. The first-order valence-corrected chi connectivity index (χ1v) is 10.3. The number of hydrogen-bond donors (Lipinski definition) is 1. The molecule has 0 bridgehead atoms. The molecule has 1 N–H and O–H groups in total. The second kappa shape index (κ2) is 10.1. The first-order valence-electron chi connectivity index (χ1n) is 10.3. The molecule has 2 amide bonds. The third-order valence-electron chi connectivity index (χ3n) is 5.41. The lowest BCUT2D eigenvalue weighted by Crippen LogP contribution is -2.41. The van der Waals surface area contributed by atoms with Crippen molar-refractivity contribution in [2.75, 3.05) is 13.6 Å². The summed E-state index contributed by atoms with van der Waals surface area (Å²) in [5.74, 6) is -0.816. The molecule has 1 atom stereocenters. The van der Waals surface area contributed by atoms with Gasteiger partial charge in [0.1, 0.15) is 11.5 Å². The normalized spacial score (nSPS) is 11.7. The van der Waals surface area contributed by atoms with Crippen LogP contribution in [-0.2, 0) is 13.5 Å². The van der Waals surface area contributed by atoms with Crippen LogP contribution in [0.5, 0.6) is 0 Å². The molecule has 0 radical (unpaired) electrons. The number of aryl methyl sites for hydroxylation is 2. The molecule has 0 aliphatic carbocycles. The number of aromatic nitrogens is 1. The number of carbonyl (C=O) groups is 2. The zero-order valence-corrected chi connectivity index (χ0v) is 18.1. The van der Waals surface area contributed by atoms with Crippen molar-refractivity contribution in [2.24, 2.45) is 7.05 Å². The molecule has 31 heavy (non-hydrogen) atoms. The van der Waals surface area contributed by atoms with Gasteiger partial charge in [-0.3, -0.25) is 9.59 Å². The SMILES string of the molecule is Cc1cc(F)cc(C(=O)N(C)C(CCNC(=O)c2cccn2C)Cc2ccccc2)c1. The van der Waals surface area contributed by atoms with Crippen molar-refractivity contribution in [1.82, 2.24) is 14.8 Å². The van der Waals surface area contributed by atoms with Gasteiger partial charge in [0, 0.05) is 38.4 Å². The van der Waals surface area contributed by atoms with Crippen LogP contribution in [0.1, 0.15) is 38.4 Å². The fourth-order valence-corrected chi connectivity index (χ4v) is 3.69. The lowest BCUT2D eigenvalue weighted by molar-refractivity contribution is 0.0722. The first-order chi connectivity index (χ1) is 14.8. The Balaban J connectivity index is 1.73. The van der Waals surface area contributed by atoms with E-state index in [0.717, 1.165) is 5.56 Å². The number of hydrogen-bond acceptors (Lipinski definition) is 2. The molecule has 1 heterocycles. The van der Waals surface area contributed by atoms with Crippen LogP contribution in [0.3, 0.4) is 0 Å². The maximum absolute atomic E-state index is 13.8. The summed E-state index contributed by atoms with van der Waals surface area (Å²) in [5, 5.41) is 2.94. The third-order valence-corrected chi connectivity index (χ3v) is 5.41. The van der Waals surface area contributed by atoms with Gasteiger partial charge < -0.3 is 14.8 Å². The highest BCUT2D eigenvalue weighted by molar-refractivity contribution is 5.94. The van der Waals surface area contributed by atoms with Crippen LogP contribution in [0.25, 0.3) is 0 Å². The summed E-state index contributed by atoms with van der Waals surface area (Å²) in [5.41, 5.74) is 2.70. The van der Waals surface area contributed by atoms with Crippen molar-refractivity contribution in [1.29, 1.82) is 0 Å². The molecule has 0 saturated carbocycles.